The van der Waals surface area contributed by atoms with Crippen molar-refractivity contribution < 1.29 is 8.42 Å². The molecule has 5 nitrogen and oxygen atoms in total. The van der Waals surface area contributed by atoms with E-state index in [1.165, 1.54) is 12.3 Å². The van der Waals surface area contributed by atoms with Crippen LogP contribution < -0.4 is 10.5 Å². The van der Waals surface area contributed by atoms with Gasteiger partial charge in [0, 0.05) is 12.2 Å². The van der Waals surface area contributed by atoms with Gasteiger partial charge in [0.05, 0.1) is 5.02 Å². The molecule has 0 fully saturated rings. The molecule has 112 valence electrons. The number of anilines is 1. The molecule has 0 aliphatic heterocycles. The molecule has 1 unspecified atom stereocenters. The lowest BCUT2D eigenvalue weighted by Gasteiger charge is -2.14. The van der Waals surface area contributed by atoms with Crippen molar-refractivity contribution in [3.63, 3.8) is 0 Å². The molecule has 0 aliphatic rings. The average molecular weight is 326 g/mol. The third-order valence-corrected chi connectivity index (χ3v) is 4.76. The highest BCUT2D eigenvalue weighted by molar-refractivity contribution is 7.89. The highest BCUT2D eigenvalue weighted by atomic mass is 35.5. The summed E-state index contributed by atoms with van der Waals surface area (Å²) in [6, 6.07) is 10.7. The molecule has 1 atom stereocenters. The number of rotatable bonds is 5. The Kier molecular flexibility index (Phi) is 4.82. The molecule has 3 N–H and O–H groups in total. The number of halogens is 1. The number of aromatic nitrogens is 1. The summed E-state index contributed by atoms with van der Waals surface area (Å²) >= 11 is 5.81. The van der Waals surface area contributed by atoms with Gasteiger partial charge in [0.15, 0.2) is 0 Å². The molecule has 1 aromatic heterocycles. The maximum atomic E-state index is 12.2. The largest absolute Gasteiger partial charge is 0.382 e. The van der Waals surface area contributed by atoms with Crippen LogP contribution in [0.3, 0.4) is 0 Å². The van der Waals surface area contributed by atoms with Crippen molar-refractivity contribution in [3.8, 4) is 0 Å². The van der Waals surface area contributed by atoms with Crippen LogP contribution >= 0.6 is 11.6 Å². The van der Waals surface area contributed by atoms with Gasteiger partial charge in [-0.1, -0.05) is 41.9 Å². The van der Waals surface area contributed by atoms with E-state index in [0.717, 1.165) is 5.56 Å². The van der Waals surface area contributed by atoms with E-state index in [-0.39, 0.29) is 21.8 Å². The third-order valence-electron chi connectivity index (χ3n) is 2.90. The van der Waals surface area contributed by atoms with Crippen molar-refractivity contribution in [1.82, 2.24) is 9.71 Å². The molecule has 0 saturated heterocycles. The summed E-state index contributed by atoms with van der Waals surface area (Å²) in [5.74, 6) is 0.105. The van der Waals surface area contributed by atoms with Gasteiger partial charge in [-0.05, 0) is 25.0 Å². The van der Waals surface area contributed by atoms with E-state index < -0.39 is 10.0 Å². The number of nitrogens with two attached hydrogens (primary N) is 1. The molecule has 2 aromatic rings. The second-order valence-corrected chi connectivity index (χ2v) is 6.87. The average Bonchev–Trinajstić information content (AvgIpc) is 2.42. The number of nitrogens with one attached hydrogen (secondary N) is 1. The number of nitrogens with zero attached hydrogens (tertiary/aromatic N) is 1. The number of pyridine rings is 1. The summed E-state index contributed by atoms with van der Waals surface area (Å²) in [5.41, 5.74) is 6.53. The van der Waals surface area contributed by atoms with Crippen molar-refractivity contribution in [3.05, 3.63) is 53.2 Å². The Balaban J connectivity index is 2.11. The predicted molar refractivity (Wildman–Crippen MR) is 83.6 cm³/mol. The van der Waals surface area contributed by atoms with Gasteiger partial charge in [-0.2, -0.15) is 0 Å². The lowest BCUT2D eigenvalue weighted by molar-refractivity contribution is 0.559. The summed E-state index contributed by atoms with van der Waals surface area (Å²) in [7, 11) is -3.67. The van der Waals surface area contributed by atoms with E-state index in [0.29, 0.717) is 6.42 Å². The first-order valence-electron chi connectivity index (χ1n) is 6.36. The Morgan fingerprint density at radius 1 is 1.33 bits per heavy atom. The Morgan fingerprint density at radius 2 is 2.00 bits per heavy atom. The number of hydrogen-bond donors (Lipinski definition) is 2. The van der Waals surface area contributed by atoms with E-state index in [1.54, 1.807) is 6.92 Å². The van der Waals surface area contributed by atoms with E-state index in [9.17, 15) is 8.42 Å². The van der Waals surface area contributed by atoms with Gasteiger partial charge in [0.1, 0.15) is 10.7 Å². The molecular formula is C14H16ClN3O2S. The summed E-state index contributed by atoms with van der Waals surface area (Å²) in [4.78, 5) is 3.76. The van der Waals surface area contributed by atoms with Crippen LogP contribution in [0.5, 0.6) is 0 Å². The monoisotopic (exact) mass is 325 g/mol. The zero-order valence-corrected chi connectivity index (χ0v) is 13.0. The Hall–Kier alpha value is -1.63. The molecule has 0 amide bonds. The topological polar surface area (TPSA) is 85.1 Å². The van der Waals surface area contributed by atoms with Gasteiger partial charge in [-0.25, -0.2) is 18.1 Å². The van der Waals surface area contributed by atoms with Gasteiger partial charge in [0.25, 0.3) is 0 Å². The standard InChI is InChI=1S/C14H16ClN3O2S/c1-10(7-11-5-3-2-4-6-11)18-21(19,20)12-8-13(15)14(16)17-9-12/h2-6,8-10,18H,7H2,1H3,(H2,16,17). The number of sulfonamides is 1. The fourth-order valence-electron chi connectivity index (χ4n) is 1.92. The lowest BCUT2D eigenvalue weighted by Crippen LogP contribution is -2.34. The third kappa shape index (κ3) is 4.17. The molecule has 0 bridgehead atoms. The van der Waals surface area contributed by atoms with Gasteiger partial charge in [0.2, 0.25) is 10.0 Å². The zero-order valence-electron chi connectivity index (χ0n) is 11.5. The quantitative estimate of drug-likeness (QED) is 0.882. The van der Waals surface area contributed by atoms with Crippen LogP contribution in [0.2, 0.25) is 5.02 Å². The van der Waals surface area contributed by atoms with Crippen molar-refractivity contribution in [2.75, 3.05) is 5.73 Å². The molecule has 1 heterocycles. The minimum absolute atomic E-state index is 0.00149. The van der Waals surface area contributed by atoms with E-state index >= 15 is 0 Å². The first kappa shape index (κ1) is 15.8. The molecular weight excluding hydrogens is 310 g/mol. The maximum absolute atomic E-state index is 12.2. The fraction of sp³-hybridized carbons (Fsp3) is 0.214. The normalized spacial score (nSPS) is 13.0. The van der Waals surface area contributed by atoms with Gasteiger partial charge >= 0.3 is 0 Å². The molecule has 0 radical (unpaired) electrons. The smallest absolute Gasteiger partial charge is 0.242 e. The minimum atomic E-state index is -3.67. The molecule has 1 aromatic carbocycles. The van der Waals surface area contributed by atoms with E-state index in [2.05, 4.69) is 9.71 Å². The Labute approximate surface area is 129 Å². The Morgan fingerprint density at radius 3 is 2.62 bits per heavy atom. The minimum Gasteiger partial charge on any atom is -0.382 e. The lowest BCUT2D eigenvalue weighted by atomic mass is 10.1. The van der Waals surface area contributed by atoms with Gasteiger partial charge < -0.3 is 5.73 Å². The maximum Gasteiger partial charge on any atom is 0.242 e. The van der Waals surface area contributed by atoms with E-state index in [1.807, 2.05) is 30.3 Å². The van der Waals surface area contributed by atoms with Crippen LogP contribution in [0, 0.1) is 0 Å². The summed E-state index contributed by atoms with van der Waals surface area (Å²) in [6.07, 6.45) is 1.79. The van der Waals surface area contributed by atoms with Gasteiger partial charge in [-0.3, -0.25) is 0 Å². The van der Waals surface area contributed by atoms with Crippen molar-refractivity contribution in [2.45, 2.75) is 24.3 Å². The second-order valence-electron chi connectivity index (χ2n) is 4.75. The number of hydrogen-bond acceptors (Lipinski definition) is 4. The zero-order chi connectivity index (χ0) is 15.5. The first-order valence-corrected chi connectivity index (χ1v) is 8.22. The molecule has 0 saturated carbocycles. The highest BCUT2D eigenvalue weighted by Crippen LogP contribution is 2.20. The Bertz CT molecular complexity index is 720. The summed E-state index contributed by atoms with van der Waals surface area (Å²) < 4.78 is 27.1. The van der Waals surface area contributed by atoms with Gasteiger partial charge in [-0.15, -0.1) is 0 Å². The summed E-state index contributed by atoms with van der Waals surface area (Å²) in [5, 5.41) is 0.119. The van der Waals surface area contributed by atoms with Crippen LogP contribution in [0.4, 0.5) is 5.82 Å². The van der Waals surface area contributed by atoms with Crippen LogP contribution in [-0.2, 0) is 16.4 Å². The van der Waals surface area contributed by atoms with Crippen LogP contribution in [-0.4, -0.2) is 19.4 Å². The van der Waals surface area contributed by atoms with Crippen LogP contribution in [0.25, 0.3) is 0 Å². The highest BCUT2D eigenvalue weighted by Gasteiger charge is 2.19. The molecule has 21 heavy (non-hydrogen) atoms. The van der Waals surface area contributed by atoms with Crippen molar-refractivity contribution in [1.29, 1.82) is 0 Å². The van der Waals surface area contributed by atoms with Crippen LogP contribution in [0.15, 0.2) is 47.5 Å². The fourth-order valence-corrected chi connectivity index (χ4v) is 3.36. The first-order chi connectivity index (χ1) is 9.88. The number of benzene rings is 1. The molecule has 0 spiro atoms. The SMILES string of the molecule is CC(Cc1ccccc1)NS(=O)(=O)c1cnc(N)c(Cl)c1. The van der Waals surface area contributed by atoms with Crippen molar-refractivity contribution in [2.24, 2.45) is 0 Å². The predicted octanol–water partition coefficient (Wildman–Crippen LogP) is 2.23. The second kappa shape index (κ2) is 6.43. The van der Waals surface area contributed by atoms with Crippen LogP contribution in [0.1, 0.15) is 12.5 Å². The summed E-state index contributed by atoms with van der Waals surface area (Å²) in [6.45, 7) is 1.80. The molecule has 7 heteroatoms. The van der Waals surface area contributed by atoms with E-state index in [4.69, 9.17) is 17.3 Å². The van der Waals surface area contributed by atoms with Crippen molar-refractivity contribution >= 4 is 27.4 Å². The number of nitrogen functional groups attached to an aromatic ring is 1. The molecule has 2 rings (SSSR count). The molecule has 0 aliphatic carbocycles.